The quantitative estimate of drug-likeness (QED) is 0.0480. The Morgan fingerprint density at radius 3 is 0.641 bits per heavy atom. The second-order valence-electron chi connectivity index (χ2n) is 56.1. The van der Waals surface area contributed by atoms with E-state index >= 15 is 0 Å². The zero-order chi connectivity index (χ0) is 103. The normalized spacial score (nSPS) is 33.0. The van der Waals surface area contributed by atoms with Gasteiger partial charge in [0.05, 0.1) is 0 Å². The molecule has 0 aromatic carbocycles. The third kappa shape index (κ3) is 52.5. The minimum Gasteiger partial charge on any atom is -0.481 e. The van der Waals surface area contributed by atoms with Crippen LogP contribution in [0, 0.1) is 178 Å². The SMILES string of the molecule is C=C(C)CCCCCCCC1CC(CC2CC(CCCCC)C2)C1.CCC1CC(CC2CC(CC3CC(CCCCCCCC(C)=O)C3)C2)C1.CCCCC[C@@H]1CC1C[C@H]1CC1CCCCCCCC(C)=O.CCCCC[C@@H]1CCC1C[C@H]1CCC1CCCCCCCC(C)=O.CC[C@@H]1CC1C[C@@H]1CC1C[C@H]1CC1CCCCCCCC(C)=O.CC[C@@H]1CCC1C[C@@H]1CCC1C[C@H]1CCC1CCCCCCCC(=O)O. The first-order valence-electron chi connectivity index (χ1n) is 67.4. The second kappa shape index (κ2) is 72.7. The molecule has 15 aliphatic rings. The van der Waals surface area contributed by atoms with Crippen LogP contribution in [0.1, 0.15) is 660 Å². The van der Waals surface area contributed by atoms with Gasteiger partial charge in [-0.15, -0.1) is 6.58 Å². The molecule has 840 valence electrons. The van der Waals surface area contributed by atoms with E-state index in [9.17, 15) is 24.0 Å². The molecule has 0 heterocycles. The van der Waals surface area contributed by atoms with E-state index in [1.807, 2.05) is 0 Å². The van der Waals surface area contributed by atoms with Gasteiger partial charge in [0.15, 0.2) is 0 Å². The van der Waals surface area contributed by atoms with Crippen molar-refractivity contribution < 1.29 is 29.1 Å². The minimum absolute atomic E-state index is 0.354. The molecule has 6 nitrogen and oxygen atoms in total. The van der Waals surface area contributed by atoms with Crippen molar-refractivity contribution in [2.24, 2.45) is 178 Å². The lowest BCUT2D eigenvalue weighted by atomic mass is 9.58. The molecular formula is C139H248O6. The Morgan fingerprint density at radius 1 is 0.179 bits per heavy atom. The highest BCUT2D eigenvalue weighted by Gasteiger charge is 2.50. The highest BCUT2D eigenvalue weighted by atomic mass is 16.4. The molecular weight excluding hydrogens is 1770 g/mol. The molecule has 15 fully saturated rings. The third-order valence-electron chi connectivity index (χ3n) is 43.4. The van der Waals surface area contributed by atoms with Gasteiger partial charge in [-0.05, 0) is 475 Å². The Kier molecular flexibility index (Phi) is 62.5. The molecule has 145 heavy (non-hydrogen) atoms. The van der Waals surface area contributed by atoms with E-state index in [0.29, 0.717) is 29.6 Å². The molecule has 15 rings (SSSR count). The summed E-state index contributed by atoms with van der Waals surface area (Å²) in [6.07, 6.45) is 128. The van der Waals surface area contributed by atoms with E-state index in [1.165, 1.54) is 365 Å². The first-order valence-corrected chi connectivity index (χ1v) is 67.4. The number of unbranched alkanes of at least 4 members (excludes halogenated alkanes) is 30. The number of carboxylic acids is 1. The van der Waals surface area contributed by atoms with E-state index in [-0.39, 0.29) is 0 Å². The predicted octanol–water partition coefficient (Wildman–Crippen LogP) is 43.2. The summed E-state index contributed by atoms with van der Waals surface area (Å²) in [6, 6.07) is 0. The van der Waals surface area contributed by atoms with E-state index in [2.05, 4.69) is 55.0 Å². The molecule has 15 aliphatic carbocycles. The number of carbonyl (C=O) groups excluding carboxylic acids is 4. The van der Waals surface area contributed by atoms with Gasteiger partial charge in [0, 0.05) is 32.1 Å². The van der Waals surface area contributed by atoms with E-state index in [4.69, 9.17) is 5.11 Å². The Balaban J connectivity index is 0.000000179. The number of aliphatic carboxylic acids is 1. The van der Waals surface area contributed by atoms with Crippen LogP contribution in [0.15, 0.2) is 12.2 Å². The second-order valence-corrected chi connectivity index (χ2v) is 56.1. The molecule has 6 heteroatoms. The zero-order valence-electron chi connectivity index (χ0n) is 98.9. The van der Waals surface area contributed by atoms with Crippen LogP contribution in [-0.4, -0.2) is 34.2 Å². The van der Waals surface area contributed by atoms with Gasteiger partial charge in [0.2, 0.25) is 0 Å². The lowest BCUT2D eigenvalue weighted by molar-refractivity contribution is -0.137. The van der Waals surface area contributed by atoms with Crippen LogP contribution in [0.25, 0.3) is 0 Å². The number of rotatable bonds is 81. The topological polar surface area (TPSA) is 106 Å². The van der Waals surface area contributed by atoms with Gasteiger partial charge in [0.1, 0.15) is 23.1 Å². The maximum Gasteiger partial charge on any atom is 0.303 e. The first-order chi connectivity index (χ1) is 70.5. The van der Waals surface area contributed by atoms with Crippen LogP contribution < -0.4 is 0 Å². The molecule has 20 atom stereocenters. The molecule has 0 aliphatic heterocycles. The number of hydrogen-bond acceptors (Lipinski definition) is 5. The minimum atomic E-state index is -0.640. The third-order valence-corrected chi connectivity index (χ3v) is 43.4. The van der Waals surface area contributed by atoms with Gasteiger partial charge in [-0.1, -0.05) is 336 Å². The fourth-order valence-corrected chi connectivity index (χ4v) is 31.8. The molecule has 0 radical (unpaired) electrons. The number of hydrogen-bond donors (Lipinski definition) is 1. The van der Waals surface area contributed by atoms with E-state index < -0.39 is 5.97 Å². The van der Waals surface area contributed by atoms with Crippen molar-refractivity contribution in [3.63, 3.8) is 0 Å². The fraction of sp³-hybridized carbons (Fsp3) is 0.950. The van der Waals surface area contributed by atoms with Gasteiger partial charge in [-0.25, -0.2) is 0 Å². The highest BCUT2D eigenvalue weighted by molar-refractivity contribution is 5.76. The van der Waals surface area contributed by atoms with E-state index in [0.717, 1.165) is 242 Å². The Bertz CT molecular complexity index is 3350. The summed E-state index contributed by atoms with van der Waals surface area (Å²) < 4.78 is 0. The largest absolute Gasteiger partial charge is 0.481 e. The van der Waals surface area contributed by atoms with E-state index in [1.54, 1.807) is 182 Å². The predicted molar refractivity (Wildman–Crippen MR) is 624 cm³/mol. The summed E-state index contributed by atoms with van der Waals surface area (Å²) in [6.45, 7) is 27.1. The van der Waals surface area contributed by atoms with Gasteiger partial charge in [0.25, 0.3) is 0 Å². The maximum atomic E-state index is 10.9. The lowest BCUT2D eigenvalue weighted by Crippen LogP contribution is -2.37. The molecule has 0 saturated heterocycles. The number of carbonyl (C=O) groups is 5. The van der Waals surface area contributed by atoms with Crippen LogP contribution in [-0.2, 0) is 24.0 Å². The Hall–Kier alpha value is -2.11. The molecule has 0 spiro atoms. The van der Waals surface area contributed by atoms with Crippen molar-refractivity contribution in [3.05, 3.63) is 12.2 Å². The summed E-state index contributed by atoms with van der Waals surface area (Å²) in [5, 5.41) is 8.66. The Morgan fingerprint density at radius 2 is 0.379 bits per heavy atom. The van der Waals surface area contributed by atoms with Gasteiger partial charge >= 0.3 is 5.97 Å². The lowest BCUT2D eigenvalue weighted by Gasteiger charge is -2.48. The van der Waals surface area contributed by atoms with Crippen molar-refractivity contribution >= 4 is 29.1 Å². The molecule has 10 unspecified atom stereocenters. The summed E-state index contributed by atoms with van der Waals surface area (Å²) in [5.41, 5.74) is 1.36. The molecule has 1 N–H and O–H groups in total. The van der Waals surface area contributed by atoms with Gasteiger partial charge < -0.3 is 24.3 Å². The molecule has 0 amide bonds. The zero-order valence-corrected chi connectivity index (χ0v) is 98.9. The van der Waals surface area contributed by atoms with Crippen LogP contribution in [0.4, 0.5) is 0 Å². The number of allylic oxidation sites excluding steroid dienone is 1. The molecule has 0 bridgehead atoms. The van der Waals surface area contributed by atoms with Crippen molar-refractivity contribution in [1.82, 2.24) is 0 Å². The van der Waals surface area contributed by atoms with Crippen molar-refractivity contribution in [2.45, 2.75) is 660 Å². The first kappa shape index (κ1) is 125. The Labute approximate surface area is 902 Å². The fourth-order valence-electron chi connectivity index (χ4n) is 31.8. The maximum absolute atomic E-state index is 10.9. The standard InChI is InChI=1S/C25H44O.C24H42O2.C24H44.C23H42O.C22H38O.C21H38O/c1-3-20-11-22(12-20)15-24-17-25(18-24)16-23-13-21(14-23)10-8-6-4-5-7-9-19(2)26;1-2-18-10-12-20(18)16-22-14-15-23(22)17-21-13-11-19(21)8-6-4-3-5-7-9-24(25)26;1-4-5-9-13-21-15-23(16-21)19-24-17-22(18-24)14-11-8-6-7-10-12-20(2)3;1-3-4-8-12-20-14-16-22(20)18-23-17-15-21(23)13-10-7-5-6-9-11-19(2)24;1-3-17-11-19(17)13-21-15-22(21)14-20-12-18(20)10-8-6-4-5-7-9-16(2)23;1-3-4-8-12-18-14-20(18)16-21-15-19(21)13-10-7-5-6-9-11-17(2)22/h20-25H,3-18H2,1-2H3;18-23H,2-17H2,1H3,(H,25,26);21-24H,2,4-19H2,1,3H3;20-23H,3-18H2,1-2H3;17-22H,3-15H2,1-2H3;18-21H,3-16H2,1-2H3/t;18-,19?,20?,21-,22+,23?;;20-,21?,22?,23-;17-,18?,19?,20-,21-,22?;18-,19?,20?,21-/m.1.111/s1. The number of Topliss-reactive ketones (excluding diaryl/α,β-unsaturated/α-hetero) is 4. The summed E-state index contributed by atoms with van der Waals surface area (Å²) >= 11 is 0. The van der Waals surface area contributed by atoms with Gasteiger partial charge in [-0.2, -0.15) is 0 Å². The van der Waals surface area contributed by atoms with Crippen molar-refractivity contribution in [1.29, 1.82) is 0 Å². The molecule has 0 aromatic heterocycles. The molecule has 0 aromatic rings. The summed E-state index contributed by atoms with van der Waals surface area (Å²) in [4.78, 5) is 54.1. The smallest absolute Gasteiger partial charge is 0.303 e. The average molecular weight is 2020 g/mol. The number of ketones is 4. The number of carboxylic acid groups (broad SMARTS) is 1. The van der Waals surface area contributed by atoms with Crippen LogP contribution >= 0.6 is 0 Å². The monoisotopic (exact) mass is 2010 g/mol. The summed E-state index contributed by atoms with van der Waals surface area (Å²) in [7, 11) is 0. The van der Waals surface area contributed by atoms with Crippen LogP contribution in [0.5, 0.6) is 0 Å². The molecule has 15 saturated carbocycles. The van der Waals surface area contributed by atoms with Crippen molar-refractivity contribution in [3.8, 4) is 0 Å². The van der Waals surface area contributed by atoms with Crippen LogP contribution in [0.3, 0.4) is 0 Å². The summed E-state index contributed by atoms with van der Waals surface area (Å²) in [5.74, 6) is 33.7. The average Bonchev–Trinajstić information content (AvgIpc) is 1.63. The highest BCUT2D eigenvalue weighted by Crippen LogP contribution is 2.61. The van der Waals surface area contributed by atoms with Crippen LogP contribution in [0.2, 0.25) is 0 Å². The van der Waals surface area contributed by atoms with Crippen molar-refractivity contribution in [2.75, 3.05) is 0 Å². The van der Waals surface area contributed by atoms with Gasteiger partial charge in [-0.3, -0.25) is 4.79 Å².